The number of rotatable bonds is 2. The molecule has 0 N–H and O–H groups in total. The summed E-state index contributed by atoms with van der Waals surface area (Å²) >= 11 is 0. The van der Waals surface area contributed by atoms with Crippen LogP contribution in [0.5, 0.6) is 0 Å². The SMILES string of the molecule is N#Cc1ccc2c3ccccc3n(-c3cccc4c3oc3c(C#N)ccc(-c5ccc6c(c5)oc5ccccc56)c34)c2c1. The number of nitriles is 2. The van der Waals surface area contributed by atoms with Gasteiger partial charge in [-0.3, -0.25) is 0 Å². The van der Waals surface area contributed by atoms with Crippen molar-refractivity contribution in [3.8, 4) is 29.0 Å². The molecule has 0 radical (unpaired) electrons. The molecular weight excluding hydrogens is 530 g/mol. The maximum absolute atomic E-state index is 10.1. The van der Waals surface area contributed by atoms with Crippen LogP contribution in [0.25, 0.3) is 82.5 Å². The summed E-state index contributed by atoms with van der Waals surface area (Å²) in [7, 11) is 0. The monoisotopic (exact) mass is 549 g/mol. The normalized spacial score (nSPS) is 11.7. The Hall–Kier alpha value is -6.30. The van der Waals surface area contributed by atoms with E-state index in [1.165, 1.54) is 0 Å². The van der Waals surface area contributed by atoms with Gasteiger partial charge in [0.25, 0.3) is 0 Å². The smallest absolute Gasteiger partial charge is 0.159 e. The third kappa shape index (κ3) is 3.19. The summed E-state index contributed by atoms with van der Waals surface area (Å²) in [6, 6.07) is 42.8. The second kappa shape index (κ2) is 8.60. The van der Waals surface area contributed by atoms with E-state index in [-0.39, 0.29) is 0 Å². The molecule has 0 saturated carbocycles. The third-order valence-electron chi connectivity index (χ3n) is 8.48. The van der Waals surface area contributed by atoms with Gasteiger partial charge in [-0.1, -0.05) is 66.7 Å². The second-order valence-electron chi connectivity index (χ2n) is 10.7. The summed E-state index contributed by atoms with van der Waals surface area (Å²) in [5.74, 6) is 0. The van der Waals surface area contributed by atoms with Crippen molar-refractivity contribution in [2.45, 2.75) is 0 Å². The maximum Gasteiger partial charge on any atom is 0.159 e. The first kappa shape index (κ1) is 23.4. The molecule has 0 atom stereocenters. The highest BCUT2D eigenvalue weighted by Gasteiger charge is 2.21. The Bertz CT molecular complexity index is 2710. The van der Waals surface area contributed by atoms with Crippen LogP contribution in [0.2, 0.25) is 0 Å². The first-order valence-corrected chi connectivity index (χ1v) is 14.0. The number of hydrogen-bond donors (Lipinski definition) is 0. The molecule has 0 bridgehead atoms. The van der Waals surface area contributed by atoms with E-state index in [2.05, 4.69) is 53.1 Å². The molecule has 9 rings (SSSR count). The van der Waals surface area contributed by atoms with Gasteiger partial charge in [0, 0.05) is 32.3 Å². The van der Waals surface area contributed by atoms with Crippen LogP contribution in [0, 0.1) is 22.7 Å². The lowest BCUT2D eigenvalue weighted by Gasteiger charge is -2.09. The molecule has 9 aromatic rings. The zero-order valence-corrected chi connectivity index (χ0v) is 22.6. The van der Waals surface area contributed by atoms with Gasteiger partial charge in [0.2, 0.25) is 0 Å². The number of nitrogens with zero attached hydrogens (tertiary/aromatic N) is 3. The van der Waals surface area contributed by atoms with Crippen molar-refractivity contribution in [1.82, 2.24) is 4.57 Å². The molecule has 0 amide bonds. The number of furan rings is 2. The van der Waals surface area contributed by atoms with Gasteiger partial charge in [-0.05, 0) is 59.7 Å². The van der Waals surface area contributed by atoms with E-state index in [1.807, 2.05) is 78.9 Å². The Morgan fingerprint density at radius 2 is 1.30 bits per heavy atom. The molecule has 43 heavy (non-hydrogen) atoms. The molecule has 0 saturated heterocycles. The minimum absolute atomic E-state index is 0.472. The van der Waals surface area contributed by atoms with Gasteiger partial charge in [0.1, 0.15) is 17.2 Å². The molecule has 0 aliphatic rings. The summed E-state index contributed by atoms with van der Waals surface area (Å²) in [4.78, 5) is 0. The Labute approximate surface area is 244 Å². The lowest BCUT2D eigenvalue weighted by molar-refractivity contribution is 0.665. The van der Waals surface area contributed by atoms with E-state index in [1.54, 1.807) is 0 Å². The van der Waals surface area contributed by atoms with Crippen molar-refractivity contribution in [2.75, 3.05) is 0 Å². The summed E-state index contributed by atoms with van der Waals surface area (Å²) < 4.78 is 15.0. The molecule has 0 unspecified atom stereocenters. The van der Waals surface area contributed by atoms with Crippen molar-refractivity contribution in [3.05, 3.63) is 126 Å². The molecule has 0 fully saturated rings. The largest absolute Gasteiger partial charge is 0.456 e. The van der Waals surface area contributed by atoms with Crippen molar-refractivity contribution < 1.29 is 8.83 Å². The van der Waals surface area contributed by atoms with E-state index in [0.717, 1.165) is 71.3 Å². The van der Waals surface area contributed by atoms with Gasteiger partial charge in [0.15, 0.2) is 11.2 Å². The van der Waals surface area contributed by atoms with Crippen LogP contribution in [0.15, 0.2) is 124 Å². The number of hydrogen-bond acceptors (Lipinski definition) is 4. The maximum atomic E-state index is 10.1. The first-order chi connectivity index (χ1) is 21.2. The van der Waals surface area contributed by atoms with Crippen LogP contribution >= 0.6 is 0 Å². The minimum Gasteiger partial charge on any atom is -0.456 e. The van der Waals surface area contributed by atoms with Crippen molar-refractivity contribution in [1.29, 1.82) is 10.5 Å². The summed E-state index contributed by atoms with van der Waals surface area (Å²) in [5, 5.41) is 25.8. The van der Waals surface area contributed by atoms with E-state index >= 15 is 0 Å². The highest BCUT2D eigenvalue weighted by Crippen LogP contribution is 2.43. The van der Waals surface area contributed by atoms with Crippen molar-refractivity contribution >= 4 is 65.7 Å². The van der Waals surface area contributed by atoms with E-state index in [9.17, 15) is 10.5 Å². The molecule has 0 aliphatic heterocycles. The highest BCUT2D eigenvalue weighted by molar-refractivity contribution is 6.17. The van der Waals surface area contributed by atoms with E-state index < -0.39 is 0 Å². The van der Waals surface area contributed by atoms with E-state index in [0.29, 0.717) is 22.3 Å². The van der Waals surface area contributed by atoms with Gasteiger partial charge in [-0.2, -0.15) is 10.5 Å². The third-order valence-corrected chi connectivity index (χ3v) is 8.48. The standard InChI is InChI=1S/C38H19N3O2/c39-20-22-12-15-27-26-6-1-3-9-31(26)41(33(27)18-22)32-10-5-8-30-36-25(16-14-24(21-40)37(36)43-38(30)32)23-13-17-29-28-7-2-4-11-34(28)42-35(29)19-23/h1-19H. The average molecular weight is 550 g/mol. The number of benzene rings is 6. The van der Waals surface area contributed by atoms with Crippen molar-refractivity contribution in [2.24, 2.45) is 0 Å². The Morgan fingerprint density at radius 3 is 2.19 bits per heavy atom. The van der Waals surface area contributed by atoms with Gasteiger partial charge in [-0.15, -0.1) is 0 Å². The topological polar surface area (TPSA) is 78.8 Å². The number of fused-ring (bicyclic) bond motifs is 9. The molecule has 0 aliphatic carbocycles. The van der Waals surface area contributed by atoms with Gasteiger partial charge in [-0.25, -0.2) is 0 Å². The van der Waals surface area contributed by atoms with Crippen LogP contribution in [-0.4, -0.2) is 4.57 Å². The average Bonchev–Trinajstić information content (AvgIpc) is 3.73. The van der Waals surface area contributed by atoms with Crippen LogP contribution in [0.4, 0.5) is 0 Å². The first-order valence-electron chi connectivity index (χ1n) is 14.0. The van der Waals surface area contributed by atoms with Gasteiger partial charge >= 0.3 is 0 Å². The fourth-order valence-corrected chi connectivity index (χ4v) is 6.58. The van der Waals surface area contributed by atoms with Gasteiger partial charge < -0.3 is 13.4 Å². The highest BCUT2D eigenvalue weighted by atomic mass is 16.3. The Balaban J connectivity index is 1.37. The Morgan fingerprint density at radius 1 is 0.535 bits per heavy atom. The molecule has 5 nitrogen and oxygen atoms in total. The van der Waals surface area contributed by atoms with E-state index in [4.69, 9.17) is 8.83 Å². The quantitative estimate of drug-likeness (QED) is 0.215. The predicted octanol–water partition coefficient (Wildman–Crippen LogP) is 9.99. The number of aromatic nitrogens is 1. The van der Waals surface area contributed by atoms with Gasteiger partial charge in [0.05, 0.1) is 33.9 Å². The molecule has 198 valence electrons. The summed E-state index contributed by atoms with van der Waals surface area (Å²) in [5.41, 5.74) is 8.65. The predicted molar refractivity (Wildman–Crippen MR) is 170 cm³/mol. The second-order valence-corrected chi connectivity index (χ2v) is 10.7. The fraction of sp³-hybridized carbons (Fsp3) is 0. The summed E-state index contributed by atoms with van der Waals surface area (Å²) in [6.45, 7) is 0. The fourth-order valence-electron chi connectivity index (χ4n) is 6.58. The minimum atomic E-state index is 0.472. The number of para-hydroxylation sites is 3. The molecule has 3 aromatic heterocycles. The van der Waals surface area contributed by atoms with Crippen LogP contribution in [0.1, 0.15) is 11.1 Å². The van der Waals surface area contributed by atoms with Crippen molar-refractivity contribution in [3.63, 3.8) is 0 Å². The van der Waals surface area contributed by atoms with Crippen LogP contribution in [0.3, 0.4) is 0 Å². The zero-order chi connectivity index (χ0) is 28.7. The van der Waals surface area contributed by atoms with Crippen LogP contribution < -0.4 is 0 Å². The molecule has 6 aromatic carbocycles. The lowest BCUT2D eigenvalue weighted by atomic mass is 9.96. The Kier molecular flexibility index (Phi) is 4.68. The zero-order valence-electron chi connectivity index (χ0n) is 22.6. The lowest BCUT2D eigenvalue weighted by Crippen LogP contribution is -1.94. The molecule has 5 heteroatoms. The molecule has 3 heterocycles. The van der Waals surface area contributed by atoms with Crippen LogP contribution in [-0.2, 0) is 0 Å². The molecule has 0 spiro atoms. The summed E-state index contributed by atoms with van der Waals surface area (Å²) in [6.07, 6.45) is 0. The molecular formula is C38H19N3O2.